The minimum Gasteiger partial charge on any atom is -0.343 e. The number of hydrogen-bond donors (Lipinski definition) is 1. The predicted molar refractivity (Wildman–Crippen MR) is 117 cm³/mol. The van der Waals surface area contributed by atoms with Gasteiger partial charge in [-0.05, 0) is 55.0 Å². The second kappa shape index (κ2) is 7.88. The van der Waals surface area contributed by atoms with E-state index in [1.807, 2.05) is 6.07 Å². The molecule has 0 unspecified atom stereocenters. The smallest absolute Gasteiger partial charge is 0.124 e. The third-order valence-corrected chi connectivity index (χ3v) is 5.31. The van der Waals surface area contributed by atoms with Gasteiger partial charge in [0.05, 0.1) is 0 Å². The highest BCUT2D eigenvalue weighted by atomic mass is 35.5. The van der Waals surface area contributed by atoms with Crippen molar-refractivity contribution in [2.75, 3.05) is 0 Å². The summed E-state index contributed by atoms with van der Waals surface area (Å²) in [5.74, 6) is -0.308. The number of nitrogens with one attached hydrogen (secondary N) is 1. The van der Waals surface area contributed by atoms with E-state index in [0.29, 0.717) is 11.6 Å². The summed E-state index contributed by atoms with van der Waals surface area (Å²) < 4.78 is 15.6. The quantitative estimate of drug-likeness (QED) is 0.482. The van der Waals surface area contributed by atoms with E-state index >= 15 is 0 Å². The van der Waals surface area contributed by atoms with Gasteiger partial charge in [-0.3, -0.25) is 0 Å². The molecule has 1 N–H and O–H groups in total. The molecule has 0 bridgehead atoms. The van der Waals surface area contributed by atoms with Crippen LogP contribution in [-0.4, -0.2) is 10.1 Å². The Kier molecular flexibility index (Phi) is 5.88. The highest BCUT2D eigenvalue weighted by Gasteiger charge is 2.25. The van der Waals surface area contributed by atoms with Crippen molar-refractivity contribution in [1.82, 2.24) is 9.88 Å². The minimum absolute atomic E-state index is 0.0434. The number of para-hydroxylation sites is 1. The Hall–Kier alpha value is -1.84. The molecule has 0 spiro atoms. The van der Waals surface area contributed by atoms with Crippen molar-refractivity contribution in [3.63, 3.8) is 0 Å². The normalized spacial score (nSPS) is 12.7. The molecule has 0 atom stereocenters. The summed E-state index contributed by atoms with van der Waals surface area (Å²) in [6.07, 6.45) is 3.27. The van der Waals surface area contributed by atoms with Crippen LogP contribution in [0.1, 0.15) is 52.2 Å². The highest BCUT2D eigenvalue weighted by Crippen LogP contribution is 2.29. The molecule has 0 fully saturated rings. The SMILES string of the molecule is CC(C)(C)CC(C)(C)NCc1cn(Cc2ccc(F)cc2Cl)c2ccccc12. The third kappa shape index (κ3) is 5.15. The molecule has 0 amide bonds. The molecule has 0 aliphatic carbocycles. The third-order valence-electron chi connectivity index (χ3n) is 4.96. The van der Waals surface area contributed by atoms with Gasteiger partial charge in [0.1, 0.15) is 5.82 Å². The maximum Gasteiger partial charge on any atom is 0.124 e. The summed E-state index contributed by atoms with van der Waals surface area (Å²) >= 11 is 6.25. The topological polar surface area (TPSA) is 17.0 Å². The summed E-state index contributed by atoms with van der Waals surface area (Å²) in [5, 5.41) is 5.43. The van der Waals surface area contributed by atoms with Crippen LogP contribution in [0.25, 0.3) is 10.9 Å². The van der Waals surface area contributed by atoms with E-state index in [1.54, 1.807) is 6.07 Å². The maximum absolute atomic E-state index is 13.4. The largest absolute Gasteiger partial charge is 0.343 e. The van der Waals surface area contributed by atoms with Crippen LogP contribution < -0.4 is 5.32 Å². The molecule has 4 heteroatoms. The molecule has 0 saturated carbocycles. The molecule has 0 aliphatic rings. The Morgan fingerprint density at radius 2 is 1.71 bits per heavy atom. The first-order valence-electron chi connectivity index (χ1n) is 9.80. The average molecular weight is 401 g/mol. The number of hydrogen-bond acceptors (Lipinski definition) is 1. The monoisotopic (exact) mass is 400 g/mol. The minimum atomic E-state index is -0.308. The van der Waals surface area contributed by atoms with Gasteiger partial charge in [-0.25, -0.2) is 4.39 Å². The number of rotatable bonds is 6. The van der Waals surface area contributed by atoms with Crippen LogP contribution in [0.4, 0.5) is 4.39 Å². The molecule has 28 heavy (non-hydrogen) atoms. The summed E-state index contributed by atoms with van der Waals surface area (Å²) in [7, 11) is 0. The van der Waals surface area contributed by atoms with Crippen LogP contribution in [-0.2, 0) is 13.1 Å². The zero-order chi connectivity index (χ0) is 20.5. The fraction of sp³-hybridized carbons (Fsp3) is 0.417. The van der Waals surface area contributed by atoms with Crippen molar-refractivity contribution in [2.45, 2.75) is 59.7 Å². The van der Waals surface area contributed by atoms with Crippen molar-refractivity contribution in [3.05, 3.63) is 70.6 Å². The number of nitrogens with zero attached hydrogens (tertiary/aromatic N) is 1. The van der Waals surface area contributed by atoms with E-state index in [2.05, 4.69) is 68.9 Å². The summed E-state index contributed by atoms with van der Waals surface area (Å²) in [5.41, 5.74) is 3.64. The summed E-state index contributed by atoms with van der Waals surface area (Å²) in [6, 6.07) is 13.0. The van der Waals surface area contributed by atoms with E-state index in [0.717, 1.165) is 24.0 Å². The standard InChI is InChI=1S/C24H30ClFN2/c1-23(2,3)16-24(4,5)27-13-18-15-28(22-9-7-6-8-20(18)22)14-17-10-11-19(26)12-21(17)25/h6-12,15,27H,13-14,16H2,1-5H3. The molecule has 1 aromatic heterocycles. The zero-order valence-corrected chi connectivity index (χ0v) is 18.2. The van der Waals surface area contributed by atoms with Crippen LogP contribution in [0.5, 0.6) is 0 Å². The predicted octanol–water partition coefficient (Wildman–Crippen LogP) is 6.79. The van der Waals surface area contributed by atoms with Gasteiger partial charge in [0.15, 0.2) is 0 Å². The first kappa shape index (κ1) is 20.9. The van der Waals surface area contributed by atoms with E-state index in [-0.39, 0.29) is 16.8 Å². The van der Waals surface area contributed by atoms with Gasteiger partial charge in [0.2, 0.25) is 0 Å². The first-order valence-corrected chi connectivity index (χ1v) is 10.2. The summed E-state index contributed by atoms with van der Waals surface area (Å²) in [6.45, 7) is 12.8. The Labute approximate surface area is 172 Å². The maximum atomic E-state index is 13.4. The molecular formula is C24H30ClFN2. The fourth-order valence-electron chi connectivity index (χ4n) is 4.15. The van der Waals surface area contributed by atoms with Crippen molar-refractivity contribution in [3.8, 4) is 0 Å². The van der Waals surface area contributed by atoms with Gasteiger partial charge in [0, 0.05) is 40.8 Å². The van der Waals surface area contributed by atoms with Crippen LogP contribution >= 0.6 is 11.6 Å². The van der Waals surface area contributed by atoms with Crippen molar-refractivity contribution in [1.29, 1.82) is 0 Å². The van der Waals surface area contributed by atoms with E-state index < -0.39 is 0 Å². The molecule has 2 aromatic carbocycles. The zero-order valence-electron chi connectivity index (χ0n) is 17.4. The first-order chi connectivity index (χ1) is 13.0. The molecule has 0 saturated heterocycles. The number of aromatic nitrogens is 1. The molecule has 2 nitrogen and oxygen atoms in total. The fourth-order valence-corrected chi connectivity index (χ4v) is 4.38. The van der Waals surface area contributed by atoms with Crippen LogP contribution in [0.3, 0.4) is 0 Å². The van der Waals surface area contributed by atoms with Crippen molar-refractivity contribution >= 4 is 22.5 Å². The Balaban J connectivity index is 1.86. The van der Waals surface area contributed by atoms with Crippen molar-refractivity contribution < 1.29 is 4.39 Å². The van der Waals surface area contributed by atoms with Crippen LogP contribution in [0.2, 0.25) is 5.02 Å². The number of fused-ring (bicyclic) bond motifs is 1. The molecule has 3 rings (SSSR count). The second-order valence-electron chi connectivity index (χ2n) is 9.51. The number of halogens is 2. The lowest BCUT2D eigenvalue weighted by atomic mass is 9.82. The second-order valence-corrected chi connectivity index (χ2v) is 9.92. The number of benzene rings is 2. The highest BCUT2D eigenvalue weighted by molar-refractivity contribution is 6.31. The molecule has 3 aromatic rings. The van der Waals surface area contributed by atoms with Gasteiger partial charge in [-0.1, -0.05) is 56.6 Å². The van der Waals surface area contributed by atoms with Gasteiger partial charge in [-0.15, -0.1) is 0 Å². The Bertz CT molecular complexity index is 966. The van der Waals surface area contributed by atoms with E-state index in [1.165, 1.54) is 23.1 Å². The molecule has 0 aliphatic heterocycles. The van der Waals surface area contributed by atoms with Gasteiger partial charge < -0.3 is 9.88 Å². The summed E-state index contributed by atoms with van der Waals surface area (Å²) in [4.78, 5) is 0. The van der Waals surface area contributed by atoms with Crippen molar-refractivity contribution in [2.24, 2.45) is 5.41 Å². The lowest BCUT2D eigenvalue weighted by Crippen LogP contribution is -2.41. The average Bonchev–Trinajstić information content (AvgIpc) is 2.92. The van der Waals surface area contributed by atoms with E-state index in [4.69, 9.17) is 11.6 Å². The van der Waals surface area contributed by atoms with Crippen LogP contribution in [0, 0.1) is 11.2 Å². The van der Waals surface area contributed by atoms with Gasteiger partial charge in [0.25, 0.3) is 0 Å². The molecule has 1 heterocycles. The Morgan fingerprint density at radius 1 is 1.00 bits per heavy atom. The molecule has 150 valence electrons. The molecule has 0 radical (unpaired) electrons. The lowest BCUT2D eigenvalue weighted by molar-refractivity contribution is 0.241. The molecular weight excluding hydrogens is 371 g/mol. The van der Waals surface area contributed by atoms with E-state index in [9.17, 15) is 4.39 Å². The lowest BCUT2D eigenvalue weighted by Gasteiger charge is -2.33. The van der Waals surface area contributed by atoms with Crippen LogP contribution in [0.15, 0.2) is 48.7 Å². The van der Waals surface area contributed by atoms with Gasteiger partial charge in [-0.2, -0.15) is 0 Å². The van der Waals surface area contributed by atoms with Gasteiger partial charge >= 0.3 is 0 Å². The Morgan fingerprint density at radius 3 is 2.39 bits per heavy atom.